The number of hydrogen-bond donors (Lipinski definition) is 1. The van der Waals surface area contributed by atoms with Gasteiger partial charge in [-0.2, -0.15) is 0 Å². The average Bonchev–Trinajstić information content (AvgIpc) is 3.44. The first kappa shape index (κ1) is 20.9. The van der Waals surface area contributed by atoms with Gasteiger partial charge in [0.1, 0.15) is 11.5 Å². The van der Waals surface area contributed by atoms with Crippen LogP contribution in [0, 0.1) is 13.8 Å². The van der Waals surface area contributed by atoms with Crippen molar-refractivity contribution in [2.45, 2.75) is 33.4 Å². The van der Waals surface area contributed by atoms with Gasteiger partial charge < -0.3 is 19.2 Å². The van der Waals surface area contributed by atoms with E-state index in [9.17, 15) is 14.7 Å². The average molecular weight is 439 g/mol. The highest BCUT2D eigenvalue weighted by Gasteiger charge is 2.44. The second-order valence-corrected chi connectivity index (χ2v) is 8.36. The predicted molar refractivity (Wildman–Crippen MR) is 115 cm³/mol. The number of aryl methyl sites for hydroxylation is 2. The molecule has 0 aliphatic carbocycles. The van der Waals surface area contributed by atoms with E-state index in [4.69, 9.17) is 9.15 Å². The van der Waals surface area contributed by atoms with Crippen molar-refractivity contribution in [3.05, 3.63) is 80.9 Å². The van der Waals surface area contributed by atoms with Crippen LogP contribution in [-0.4, -0.2) is 33.3 Å². The molecular formula is C23H22N2O5S. The van der Waals surface area contributed by atoms with E-state index >= 15 is 0 Å². The summed E-state index contributed by atoms with van der Waals surface area (Å²) in [5, 5.41) is 11.5. The lowest BCUT2D eigenvalue weighted by atomic mass is 9.95. The molecule has 1 atom stereocenters. The number of ether oxygens (including phenoxy) is 1. The van der Waals surface area contributed by atoms with E-state index < -0.39 is 23.5 Å². The third-order valence-corrected chi connectivity index (χ3v) is 6.14. The zero-order valence-corrected chi connectivity index (χ0v) is 18.2. The van der Waals surface area contributed by atoms with Gasteiger partial charge in [0.15, 0.2) is 5.76 Å². The summed E-state index contributed by atoms with van der Waals surface area (Å²) in [5.41, 5.74) is 1.32. The van der Waals surface area contributed by atoms with Gasteiger partial charge >= 0.3 is 0 Å². The van der Waals surface area contributed by atoms with E-state index in [0.29, 0.717) is 34.3 Å². The molecule has 0 bridgehead atoms. The first-order valence-electron chi connectivity index (χ1n) is 9.88. The maximum atomic E-state index is 13.5. The highest BCUT2D eigenvalue weighted by Crippen LogP contribution is 2.41. The van der Waals surface area contributed by atoms with Crippen molar-refractivity contribution in [1.29, 1.82) is 0 Å². The number of carbonyl (C=O) groups excluding carboxylic acids is 2. The largest absolute Gasteiger partial charge is 0.503 e. The van der Waals surface area contributed by atoms with Gasteiger partial charge in [-0.25, -0.2) is 4.98 Å². The maximum Gasteiger partial charge on any atom is 0.290 e. The molecule has 1 aromatic carbocycles. The van der Waals surface area contributed by atoms with Gasteiger partial charge in [-0.05, 0) is 50.6 Å². The van der Waals surface area contributed by atoms with E-state index in [0.717, 1.165) is 5.01 Å². The minimum Gasteiger partial charge on any atom is -0.503 e. The van der Waals surface area contributed by atoms with Crippen molar-refractivity contribution in [1.82, 2.24) is 9.88 Å². The SMILES string of the molecule is CCOc1ccc(C2C(C(=O)c3sc(C)nc3C)=C(O)C(=O)N2Cc2ccco2)cc1. The predicted octanol–water partition coefficient (Wildman–Crippen LogP) is 4.53. The van der Waals surface area contributed by atoms with Gasteiger partial charge in [0.2, 0.25) is 5.78 Å². The molecule has 0 saturated carbocycles. The lowest BCUT2D eigenvalue weighted by molar-refractivity contribution is -0.130. The fourth-order valence-corrected chi connectivity index (χ4v) is 4.62. The topological polar surface area (TPSA) is 92.9 Å². The molecule has 1 aliphatic heterocycles. The maximum absolute atomic E-state index is 13.5. The van der Waals surface area contributed by atoms with Crippen LogP contribution in [0.2, 0.25) is 0 Å². The Morgan fingerprint density at radius 1 is 1.26 bits per heavy atom. The molecule has 2 aromatic heterocycles. The number of furan rings is 1. The number of hydrogen-bond acceptors (Lipinski definition) is 7. The Bertz CT molecular complexity index is 1150. The molecule has 1 aliphatic rings. The molecule has 3 heterocycles. The number of rotatable bonds is 7. The standard InChI is InChI=1S/C23H22N2O5S/c1-4-29-16-9-7-15(8-10-16)19-18(20(26)22-13(2)24-14(3)31-22)21(27)23(28)25(19)12-17-6-5-11-30-17/h5-11,19,27H,4,12H2,1-3H3. The first-order valence-corrected chi connectivity index (χ1v) is 10.7. The van der Waals surface area contributed by atoms with Crippen LogP contribution in [0.15, 0.2) is 58.4 Å². The van der Waals surface area contributed by atoms with Crippen LogP contribution in [-0.2, 0) is 11.3 Å². The minimum atomic E-state index is -0.761. The molecule has 4 rings (SSSR count). The zero-order valence-electron chi connectivity index (χ0n) is 17.4. The summed E-state index contributed by atoms with van der Waals surface area (Å²) in [6, 6.07) is 9.88. The van der Waals surface area contributed by atoms with Gasteiger partial charge in [0.25, 0.3) is 5.91 Å². The van der Waals surface area contributed by atoms with Crippen LogP contribution in [0.4, 0.5) is 0 Å². The van der Waals surface area contributed by atoms with Crippen molar-refractivity contribution in [3.8, 4) is 5.75 Å². The zero-order chi connectivity index (χ0) is 22.1. The monoisotopic (exact) mass is 438 g/mol. The Kier molecular flexibility index (Phi) is 5.65. The number of nitrogens with zero attached hydrogens (tertiary/aromatic N) is 2. The summed E-state index contributed by atoms with van der Waals surface area (Å²) in [6.45, 7) is 6.10. The highest BCUT2D eigenvalue weighted by atomic mass is 32.1. The molecule has 1 N–H and O–H groups in total. The third kappa shape index (κ3) is 3.86. The number of aromatic nitrogens is 1. The Morgan fingerprint density at radius 2 is 2.00 bits per heavy atom. The first-order chi connectivity index (χ1) is 14.9. The molecule has 160 valence electrons. The molecule has 8 heteroatoms. The van der Waals surface area contributed by atoms with Gasteiger partial charge in [0.05, 0.1) is 46.6 Å². The number of ketones is 1. The van der Waals surface area contributed by atoms with E-state index in [2.05, 4.69) is 4.98 Å². The van der Waals surface area contributed by atoms with Gasteiger partial charge in [-0.3, -0.25) is 9.59 Å². The molecule has 0 radical (unpaired) electrons. The number of aliphatic hydroxyl groups is 1. The lowest BCUT2D eigenvalue weighted by Crippen LogP contribution is -2.30. The Morgan fingerprint density at radius 3 is 2.58 bits per heavy atom. The number of benzene rings is 1. The second kappa shape index (κ2) is 8.39. The van der Waals surface area contributed by atoms with Gasteiger partial charge in [-0.15, -0.1) is 11.3 Å². The highest BCUT2D eigenvalue weighted by molar-refractivity contribution is 7.14. The van der Waals surface area contributed by atoms with E-state index in [1.54, 1.807) is 43.3 Å². The lowest BCUT2D eigenvalue weighted by Gasteiger charge is -2.26. The summed E-state index contributed by atoms with van der Waals surface area (Å²) in [4.78, 5) is 32.7. The number of amides is 1. The quantitative estimate of drug-likeness (QED) is 0.545. The molecule has 7 nitrogen and oxygen atoms in total. The minimum absolute atomic E-state index is 0.0486. The molecule has 31 heavy (non-hydrogen) atoms. The molecule has 0 fully saturated rings. The van der Waals surface area contributed by atoms with Crippen LogP contribution in [0.25, 0.3) is 0 Å². The summed E-state index contributed by atoms with van der Waals surface area (Å²) in [5.74, 6) is -0.313. The second-order valence-electron chi connectivity index (χ2n) is 7.16. The molecule has 3 aromatic rings. The van der Waals surface area contributed by atoms with Crippen LogP contribution < -0.4 is 4.74 Å². The molecule has 0 saturated heterocycles. The van der Waals surface area contributed by atoms with Crippen molar-refractivity contribution in [2.24, 2.45) is 0 Å². The van der Waals surface area contributed by atoms with Crippen molar-refractivity contribution in [2.75, 3.05) is 6.61 Å². The summed E-state index contributed by atoms with van der Waals surface area (Å²) >= 11 is 1.25. The van der Waals surface area contributed by atoms with E-state index in [1.165, 1.54) is 22.5 Å². The molecule has 1 amide bonds. The Labute approximate surface area is 183 Å². The van der Waals surface area contributed by atoms with Gasteiger partial charge in [-0.1, -0.05) is 12.1 Å². The fraction of sp³-hybridized carbons (Fsp3) is 0.261. The van der Waals surface area contributed by atoms with Gasteiger partial charge in [0, 0.05) is 0 Å². The van der Waals surface area contributed by atoms with Crippen molar-refractivity contribution >= 4 is 23.0 Å². The summed E-state index contributed by atoms with van der Waals surface area (Å²) < 4.78 is 10.9. The summed E-state index contributed by atoms with van der Waals surface area (Å²) in [6.07, 6.45) is 1.52. The van der Waals surface area contributed by atoms with E-state index in [1.807, 2.05) is 13.8 Å². The molecule has 1 unspecified atom stereocenters. The van der Waals surface area contributed by atoms with Crippen LogP contribution >= 0.6 is 11.3 Å². The van der Waals surface area contributed by atoms with E-state index in [-0.39, 0.29) is 12.1 Å². The fourth-order valence-electron chi connectivity index (χ4n) is 3.74. The molecular weight excluding hydrogens is 416 g/mol. The summed E-state index contributed by atoms with van der Waals surface area (Å²) in [7, 11) is 0. The normalized spacial score (nSPS) is 16.3. The number of Topliss-reactive ketones (excluding diaryl/α,β-unsaturated/α-hetero) is 1. The number of thiazole rings is 1. The van der Waals surface area contributed by atoms with Crippen molar-refractivity contribution < 1.29 is 23.8 Å². The van der Waals surface area contributed by atoms with Crippen molar-refractivity contribution in [3.63, 3.8) is 0 Å². The van der Waals surface area contributed by atoms with Crippen LogP contribution in [0.1, 0.15) is 44.7 Å². The van der Waals surface area contributed by atoms with Crippen LogP contribution in [0.3, 0.4) is 0 Å². The van der Waals surface area contributed by atoms with Crippen LogP contribution in [0.5, 0.6) is 5.75 Å². The Hall–Kier alpha value is -3.39. The third-order valence-electron chi connectivity index (χ3n) is 5.07. The number of aliphatic hydroxyl groups excluding tert-OH is 1. The Balaban J connectivity index is 1.79. The molecule has 0 spiro atoms. The number of carbonyl (C=O) groups is 2. The smallest absolute Gasteiger partial charge is 0.290 e.